The van der Waals surface area contributed by atoms with Gasteiger partial charge in [0, 0.05) is 0 Å². The van der Waals surface area contributed by atoms with Crippen LogP contribution < -0.4 is 15.4 Å². The molecule has 0 saturated carbocycles. The van der Waals surface area contributed by atoms with Gasteiger partial charge in [-0.1, -0.05) is 36.3 Å². The van der Waals surface area contributed by atoms with Crippen LogP contribution in [0, 0.1) is 0 Å². The first kappa shape index (κ1) is 19.2. The number of aromatic nitrogens is 4. The molecule has 2 N–H and O–H groups in total. The lowest BCUT2D eigenvalue weighted by atomic mass is 10.1. The van der Waals surface area contributed by atoms with E-state index in [0.717, 1.165) is 17.2 Å². The Morgan fingerprint density at radius 2 is 2.15 bits per heavy atom. The Morgan fingerprint density at radius 3 is 2.89 bits per heavy atom. The molecule has 0 bridgehead atoms. The Balaban J connectivity index is 1.79. The number of carbonyl (C=O) groups is 1. The van der Waals surface area contributed by atoms with E-state index in [0.29, 0.717) is 22.3 Å². The molecule has 0 fully saturated rings. The summed E-state index contributed by atoms with van der Waals surface area (Å²) in [6, 6.07) is 9.45. The first-order chi connectivity index (χ1) is 13.0. The van der Waals surface area contributed by atoms with Crippen LogP contribution in [0.5, 0.6) is 5.75 Å². The van der Waals surface area contributed by atoms with Crippen LogP contribution in [-0.4, -0.2) is 38.3 Å². The fraction of sp³-hybridized carbons (Fsp3) is 0.235. The summed E-state index contributed by atoms with van der Waals surface area (Å²) in [6.07, 6.45) is 0.883. The Labute approximate surface area is 169 Å². The number of aryl methyl sites for hydroxylation is 1. The molecular weight excluding hydrogens is 432 g/mol. The Kier molecular flexibility index (Phi) is 5.97. The predicted octanol–water partition coefficient (Wildman–Crippen LogP) is 3.13. The summed E-state index contributed by atoms with van der Waals surface area (Å²) in [4.78, 5) is 14.2. The average molecular weight is 449 g/mol. The molecule has 27 heavy (non-hydrogen) atoms. The van der Waals surface area contributed by atoms with Crippen molar-refractivity contribution < 1.29 is 9.53 Å². The lowest BCUT2D eigenvalue weighted by Crippen LogP contribution is -2.34. The Morgan fingerprint density at radius 1 is 1.37 bits per heavy atom. The summed E-state index contributed by atoms with van der Waals surface area (Å²) in [5.74, 6) is 0.248. The molecular formula is C17H17BrN6O2S. The topological polar surface area (TPSA) is 94.0 Å². The highest BCUT2D eigenvalue weighted by Gasteiger charge is 2.19. The van der Waals surface area contributed by atoms with E-state index in [9.17, 15) is 4.79 Å². The number of ether oxygens (including phenoxy) is 1. The molecule has 1 aromatic heterocycles. The number of hydrogen-bond acceptors (Lipinski definition) is 6. The number of fused-ring (bicyclic) bond motifs is 1. The van der Waals surface area contributed by atoms with Crippen LogP contribution in [0.2, 0.25) is 0 Å². The molecule has 10 heteroatoms. The molecule has 0 spiro atoms. The molecule has 0 radical (unpaired) electrons. The van der Waals surface area contributed by atoms with Crippen molar-refractivity contribution in [3.63, 3.8) is 0 Å². The summed E-state index contributed by atoms with van der Waals surface area (Å²) in [5, 5.41) is 19.1. The van der Waals surface area contributed by atoms with E-state index in [1.807, 2.05) is 31.2 Å². The van der Waals surface area contributed by atoms with E-state index in [-0.39, 0.29) is 11.1 Å². The van der Waals surface area contributed by atoms with Crippen molar-refractivity contribution in [2.45, 2.75) is 19.9 Å². The van der Waals surface area contributed by atoms with E-state index in [2.05, 4.69) is 42.0 Å². The molecule has 3 aromatic rings. The lowest BCUT2D eigenvalue weighted by molar-refractivity contribution is 0.0975. The van der Waals surface area contributed by atoms with Crippen LogP contribution >= 0.6 is 28.1 Å². The van der Waals surface area contributed by atoms with Crippen LogP contribution in [0.25, 0.3) is 10.8 Å². The molecule has 0 unspecified atom stereocenters. The highest BCUT2D eigenvalue weighted by Crippen LogP contribution is 2.36. The SMILES string of the molecule is CCCn1nnc(NC(=S)NC(=O)c2cc3ccccc3c(Br)c2OC)n1. The molecule has 2 aromatic carbocycles. The van der Waals surface area contributed by atoms with Crippen molar-refractivity contribution in [1.29, 1.82) is 0 Å². The standard InChI is InChI=1S/C17H17BrN6O2S/c1-3-8-24-22-16(21-23-24)20-17(27)19-15(25)12-9-10-6-4-5-7-11(10)13(18)14(12)26-2/h4-7,9H,3,8H2,1-2H3,(H2,19,20,22,25,27). The maximum Gasteiger partial charge on any atom is 0.269 e. The van der Waals surface area contributed by atoms with E-state index in [1.165, 1.54) is 11.9 Å². The van der Waals surface area contributed by atoms with Crippen LogP contribution in [-0.2, 0) is 6.54 Å². The molecule has 0 aliphatic carbocycles. The van der Waals surface area contributed by atoms with Gasteiger partial charge in [0.25, 0.3) is 11.9 Å². The predicted molar refractivity (Wildman–Crippen MR) is 110 cm³/mol. The molecule has 140 valence electrons. The number of rotatable bonds is 5. The molecule has 1 heterocycles. The van der Waals surface area contributed by atoms with Crippen LogP contribution in [0.4, 0.5) is 5.95 Å². The number of nitrogens with one attached hydrogen (secondary N) is 2. The third kappa shape index (κ3) is 4.22. The number of anilines is 1. The fourth-order valence-electron chi connectivity index (χ4n) is 2.54. The smallest absolute Gasteiger partial charge is 0.269 e. The van der Waals surface area contributed by atoms with Crippen molar-refractivity contribution in [3.05, 3.63) is 40.4 Å². The van der Waals surface area contributed by atoms with Crippen molar-refractivity contribution in [2.24, 2.45) is 0 Å². The number of hydrogen-bond donors (Lipinski definition) is 2. The number of thiocarbonyl (C=S) groups is 1. The maximum absolute atomic E-state index is 12.7. The van der Waals surface area contributed by atoms with Crippen molar-refractivity contribution in [1.82, 2.24) is 25.5 Å². The van der Waals surface area contributed by atoms with Gasteiger partial charge in [-0.05, 0) is 56.6 Å². The lowest BCUT2D eigenvalue weighted by Gasteiger charge is -2.13. The second-order valence-electron chi connectivity index (χ2n) is 5.61. The quantitative estimate of drug-likeness (QED) is 0.578. The minimum Gasteiger partial charge on any atom is -0.495 e. The zero-order chi connectivity index (χ0) is 19.4. The highest BCUT2D eigenvalue weighted by molar-refractivity contribution is 9.10. The second kappa shape index (κ2) is 8.40. The minimum absolute atomic E-state index is 0.0717. The number of carbonyl (C=O) groups excluding carboxylic acids is 1. The summed E-state index contributed by atoms with van der Waals surface area (Å²) >= 11 is 8.70. The van der Waals surface area contributed by atoms with Gasteiger partial charge in [-0.25, -0.2) is 0 Å². The number of benzene rings is 2. The van der Waals surface area contributed by atoms with E-state index in [4.69, 9.17) is 17.0 Å². The van der Waals surface area contributed by atoms with Gasteiger partial charge in [-0.15, -0.1) is 5.10 Å². The summed E-state index contributed by atoms with van der Waals surface area (Å²) in [7, 11) is 1.51. The van der Waals surface area contributed by atoms with Crippen LogP contribution in [0.15, 0.2) is 34.8 Å². The minimum atomic E-state index is -0.406. The van der Waals surface area contributed by atoms with E-state index < -0.39 is 5.91 Å². The molecule has 0 aliphatic rings. The first-order valence-corrected chi connectivity index (χ1v) is 9.39. The van der Waals surface area contributed by atoms with Gasteiger partial charge in [-0.3, -0.25) is 15.4 Å². The third-order valence-corrected chi connectivity index (χ3v) is 4.71. The van der Waals surface area contributed by atoms with Gasteiger partial charge in [0.1, 0.15) is 5.75 Å². The summed E-state index contributed by atoms with van der Waals surface area (Å²) in [6.45, 7) is 2.66. The van der Waals surface area contributed by atoms with Crippen molar-refractivity contribution in [3.8, 4) is 5.75 Å². The number of nitrogens with zero attached hydrogens (tertiary/aromatic N) is 4. The van der Waals surface area contributed by atoms with Gasteiger partial charge in [0.2, 0.25) is 0 Å². The average Bonchev–Trinajstić information content (AvgIpc) is 3.08. The maximum atomic E-state index is 12.7. The number of methoxy groups -OCH3 is 1. The Bertz CT molecular complexity index is 1010. The van der Waals surface area contributed by atoms with Gasteiger partial charge < -0.3 is 4.74 Å². The monoisotopic (exact) mass is 448 g/mol. The van der Waals surface area contributed by atoms with Crippen molar-refractivity contribution >= 4 is 55.9 Å². The summed E-state index contributed by atoms with van der Waals surface area (Å²) in [5.41, 5.74) is 0.356. The second-order valence-corrected chi connectivity index (χ2v) is 6.81. The number of tetrazole rings is 1. The molecule has 8 nitrogen and oxygen atoms in total. The molecule has 0 aliphatic heterocycles. The molecule has 3 rings (SSSR count). The third-order valence-electron chi connectivity index (χ3n) is 3.72. The zero-order valence-corrected chi connectivity index (χ0v) is 17.1. The highest BCUT2D eigenvalue weighted by atomic mass is 79.9. The van der Waals surface area contributed by atoms with Crippen LogP contribution in [0.1, 0.15) is 23.7 Å². The molecule has 0 saturated heterocycles. The van der Waals surface area contributed by atoms with E-state index >= 15 is 0 Å². The van der Waals surface area contributed by atoms with Gasteiger partial charge in [-0.2, -0.15) is 4.80 Å². The molecule has 0 atom stereocenters. The summed E-state index contributed by atoms with van der Waals surface area (Å²) < 4.78 is 6.13. The Hall–Kier alpha value is -2.59. The van der Waals surface area contributed by atoms with E-state index in [1.54, 1.807) is 6.07 Å². The number of halogens is 1. The fourth-order valence-corrected chi connectivity index (χ4v) is 3.46. The largest absolute Gasteiger partial charge is 0.495 e. The van der Waals surface area contributed by atoms with Gasteiger partial charge in [0.05, 0.1) is 23.7 Å². The van der Waals surface area contributed by atoms with Gasteiger partial charge in [0.15, 0.2) is 5.11 Å². The van der Waals surface area contributed by atoms with Crippen molar-refractivity contribution in [2.75, 3.05) is 12.4 Å². The van der Waals surface area contributed by atoms with Crippen LogP contribution in [0.3, 0.4) is 0 Å². The first-order valence-electron chi connectivity index (χ1n) is 8.18. The van der Waals surface area contributed by atoms with Gasteiger partial charge >= 0.3 is 0 Å². The number of amides is 1. The zero-order valence-electron chi connectivity index (χ0n) is 14.7. The molecule has 1 amide bonds. The normalized spacial score (nSPS) is 10.6.